The van der Waals surface area contributed by atoms with Crippen LogP contribution >= 0.6 is 11.8 Å². The van der Waals surface area contributed by atoms with Crippen molar-refractivity contribution >= 4 is 11.8 Å². The summed E-state index contributed by atoms with van der Waals surface area (Å²) in [5, 5.41) is 10.5. The van der Waals surface area contributed by atoms with E-state index in [2.05, 4.69) is 6.08 Å². The van der Waals surface area contributed by atoms with E-state index in [4.69, 9.17) is 4.74 Å². The van der Waals surface area contributed by atoms with Crippen LogP contribution in [0.4, 0.5) is 0 Å². The molecule has 0 saturated carbocycles. The summed E-state index contributed by atoms with van der Waals surface area (Å²) in [5.74, 6) is 1.06. The van der Waals surface area contributed by atoms with Crippen molar-refractivity contribution in [3.8, 4) is 0 Å². The average Bonchev–Trinajstić information content (AvgIpc) is 2.87. The zero-order valence-corrected chi connectivity index (χ0v) is 11.2. The summed E-state index contributed by atoms with van der Waals surface area (Å²) in [7, 11) is 0. The van der Waals surface area contributed by atoms with E-state index in [0.29, 0.717) is 0 Å². The third-order valence-corrected chi connectivity index (χ3v) is 4.94. The second-order valence-electron chi connectivity index (χ2n) is 4.89. The Balaban J connectivity index is 1.85. The zero-order chi connectivity index (χ0) is 12.4. The minimum atomic E-state index is -0.479. The second-order valence-corrected chi connectivity index (χ2v) is 6.28. The van der Waals surface area contributed by atoms with Gasteiger partial charge in [-0.15, -0.1) is 11.8 Å². The molecule has 3 rings (SSSR count). The van der Waals surface area contributed by atoms with Crippen LogP contribution in [0.2, 0.25) is 0 Å². The second kappa shape index (κ2) is 5.08. The normalized spacial score (nSPS) is 29.3. The van der Waals surface area contributed by atoms with Crippen molar-refractivity contribution in [2.45, 2.75) is 30.3 Å². The van der Waals surface area contributed by atoms with E-state index in [9.17, 15) is 5.11 Å². The molecular formula is C15H18O2S. The topological polar surface area (TPSA) is 29.5 Å². The first kappa shape index (κ1) is 12.3. The summed E-state index contributed by atoms with van der Waals surface area (Å²) < 4.78 is 5.87. The number of benzene rings is 1. The maximum absolute atomic E-state index is 10.5. The predicted octanol–water partition coefficient (Wildman–Crippen LogP) is 3.29. The van der Waals surface area contributed by atoms with Gasteiger partial charge >= 0.3 is 0 Å². The van der Waals surface area contributed by atoms with Crippen LogP contribution in [0, 0.1) is 0 Å². The number of aliphatic hydroxyl groups excluding tert-OH is 1. The molecule has 0 radical (unpaired) electrons. The molecule has 0 aromatic heterocycles. The first-order valence-electron chi connectivity index (χ1n) is 6.52. The van der Waals surface area contributed by atoms with Crippen molar-refractivity contribution in [1.29, 1.82) is 0 Å². The van der Waals surface area contributed by atoms with Crippen molar-refractivity contribution < 1.29 is 9.84 Å². The van der Waals surface area contributed by atoms with Crippen molar-refractivity contribution in [1.82, 2.24) is 0 Å². The average molecular weight is 262 g/mol. The molecule has 1 N–H and O–H groups in total. The molecule has 1 fully saturated rings. The highest BCUT2D eigenvalue weighted by Crippen LogP contribution is 2.45. The first-order valence-corrected chi connectivity index (χ1v) is 7.50. The molecular weight excluding hydrogens is 244 g/mol. The maximum atomic E-state index is 10.5. The molecule has 1 aromatic carbocycles. The number of ether oxygens (including phenoxy) is 1. The largest absolute Gasteiger partial charge is 0.384 e. The van der Waals surface area contributed by atoms with Gasteiger partial charge in [0, 0.05) is 5.75 Å². The van der Waals surface area contributed by atoms with Crippen LogP contribution in [0.1, 0.15) is 30.9 Å². The van der Waals surface area contributed by atoms with Crippen LogP contribution in [-0.4, -0.2) is 22.4 Å². The molecule has 0 unspecified atom stereocenters. The van der Waals surface area contributed by atoms with Crippen LogP contribution < -0.4 is 0 Å². The van der Waals surface area contributed by atoms with E-state index in [1.165, 1.54) is 0 Å². The van der Waals surface area contributed by atoms with Crippen LogP contribution in [0.5, 0.6) is 0 Å². The SMILES string of the molecule is O[C@H](C1=C[C@]2(CCC1)OCCS2)c1ccccc1. The lowest BCUT2D eigenvalue weighted by molar-refractivity contribution is 0.0714. The van der Waals surface area contributed by atoms with Gasteiger partial charge < -0.3 is 9.84 Å². The van der Waals surface area contributed by atoms with Crippen LogP contribution in [-0.2, 0) is 4.74 Å². The molecule has 2 atom stereocenters. The minimum absolute atomic E-state index is 0.149. The highest BCUT2D eigenvalue weighted by Gasteiger charge is 2.37. The predicted molar refractivity (Wildman–Crippen MR) is 74.5 cm³/mol. The lowest BCUT2D eigenvalue weighted by atomic mass is 9.90. The van der Waals surface area contributed by atoms with Gasteiger partial charge in [0.2, 0.25) is 0 Å². The van der Waals surface area contributed by atoms with Gasteiger partial charge in [0.15, 0.2) is 0 Å². The Bertz CT molecular complexity index is 435. The Morgan fingerprint density at radius 2 is 2.11 bits per heavy atom. The summed E-state index contributed by atoms with van der Waals surface area (Å²) >= 11 is 1.87. The Kier molecular flexibility index (Phi) is 3.46. The summed E-state index contributed by atoms with van der Waals surface area (Å²) in [4.78, 5) is -0.149. The first-order chi connectivity index (χ1) is 8.79. The maximum Gasteiger partial charge on any atom is 0.132 e. The monoisotopic (exact) mass is 262 g/mol. The van der Waals surface area contributed by atoms with E-state index < -0.39 is 6.10 Å². The highest BCUT2D eigenvalue weighted by molar-refractivity contribution is 8.00. The van der Waals surface area contributed by atoms with Crippen molar-refractivity contribution in [3.63, 3.8) is 0 Å². The Labute approximate surface area is 112 Å². The number of aliphatic hydroxyl groups is 1. The lowest BCUT2D eigenvalue weighted by Gasteiger charge is -2.31. The molecule has 3 heteroatoms. The van der Waals surface area contributed by atoms with Gasteiger partial charge in [0.1, 0.15) is 11.0 Å². The summed E-state index contributed by atoms with van der Waals surface area (Å²) in [6.07, 6.45) is 4.84. The van der Waals surface area contributed by atoms with Crippen molar-refractivity contribution in [3.05, 3.63) is 47.5 Å². The molecule has 96 valence electrons. The van der Waals surface area contributed by atoms with Gasteiger partial charge in [-0.1, -0.05) is 30.3 Å². The number of rotatable bonds is 2. The van der Waals surface area contributed by atoms with Crippen molar-refractivity contribution in [2.75, 3.05) is 12.4 Å². The third kappa shape index (κ3) is 2.35. The van der Waals surface area contributed by atoms with E-state index in [-0.39, 0.29) is 4.93 Å². The molecule has 0 bridgehead atoms. The molecule has 2 nitrogen and oxygen atoms in total. The standard InChI is InChI=1S/C15H18O2S/c16-14(12-5-2-1-3-6-12)13-7-4-8-15(11-13)17-9-10-18-15/h1-3,5-6,11,14,16H,4,7-10H2/t14-,15+/m0/s1. The summed E-state index contributed by atoms with van der Waals surface area (Å²) in [6.45, 7) is 0.829. The molecule has 1 aliphatic carbocycles. The number of thioether (sulfide) groups is 1. The summed E-state index contributed by atoms with van der Waals surface area (Å²) in [6, 6.07) is 9.88. The fraction of sp³-hybridized carbons (Fsp3) is 0.467. The van der Waals surface area contributed by atoms with E-state index in [0.717, 1.165) is 42.8 Å². The third-order valence-electron chi connectivity index (χ3n) is 3.64. The molecule has 0 amide bonds. The van der Waals surface area contributed by atoms with E-state index >= 15 is 0 Å². The smallest absolute Gasteiger partial charge is 0.132 e. The van der Waals surface area contributed by atoms with Crippen LogP contribution in [0.15, 0.2) is 42.0 Å². The van der Waals surface area contributed by atoms with Crippen molar-refractivity contribution in [2.24, 2.45) is 0 Å². The minimum Gasteiger partial charge on any atom is -0.384 e. The van der Waals surface area contributed by atoms with Crippen LogP contribution in [0.3, 0.4) is 0 Å². The Hall–Kier alpha value is -0.770. The van der Waals surface area contributed by atoms with Gasteiger partial charge in [0.05, 0.1) is 6.61 Å². The fourth-order valence-corrected chi connectivity index (χ4v) is 3.93. The number of hydrogen-bond donors (Lipinski definition) is 1. The van der Waals surface area contributed by atoms with Gasteiger partial charge in [-0.05, 0) is 36.5 Å². The number of hydrogen-bond acceptors (Lipinski definition) is 3. The molecule has 18 heavy (non-hydrogen) atoms. The van der Waals surface area contributed by atoms with E-state index in [1.807, 2.05) is 42.1 Å². The molecule has 1 aromatic rings. The molecule has 1 heterocycles. The van der Waals surface area contributed by atoms with Gasteiger partial charge in [-0.3, -0.25) is 0 Å². The van der Waals surface area contributed by atoms with E-state index in [1.54, 1.807) is 0 Å². The molecule has 1 saturated heterocycles. The highest BCUT2D eigenvalue weighted by atomic mass is 32.2. The summed E-state index contributed by atoms with van der Waals surface area (Å²) in [5.41, 5.74) is 2.09. The zero-order valence-electron chi connectivity index (χ0n) is 10.3. The quantitative estimate of drug-likeness (QED) is 0.829. The molecule has 1 aliphatic heterocycles. The van der Waals surface area contributed by atoms with Gasteiger partial charge in [-0.2, -0.15) is 0 Å². The lowest BCUT2D eigenvalue weighted by Crippen LogP contribution is -2.26. The fourth-order valence-electron chi connectivity index (χ4n) is 2.73. The molecule has 1 spiro atoms. The van der Waals surface area contributed by atoms with Crippen LogP contribution in [0.25, 0.3) is 0 Å². The Morgan fingerprint density at radius 1 is 1.28 bits per heavy atom. The molecule has 2 aliphatic rings. The van der Waals surface area contributed by atoms with Gasteiger partial charge in [-0.25, -0.2) is 0 Å². The van der Waals surface area contributed by atoms with Gasteiger partial charge in [0.25, 0.3) is 0 Å². The Morgan fingerprint density at radius 3 is 2.83 bits per heavy atom.